The summed E-state index contributed by atoms with van der Waals surface area (Å²) in [4.78, 5) is 30.9. The summed E-state index contributed by atoms with van der Waals surface area (Å²) in [5, 5.41) is 16.5. The number of para-hydroxylation sites is 10. The zero-order valence-corrected chi connectivity index (χ0v) is 74.2. The van der Waals surface area contributed by atoms with Crippen molar-refractivity contribution >= 4 is 164 Å². The molecule has 9 heterocycles. The molecule has 0 N–H and O–H groups in total. The third kappa shape index (κ3) is 13.1. The van der Waals surface area contributed by atoms with Crippen molar-refractivity contribution < 1.29 is 13.3 Å². The van der Waals surface area contributed by atoms with E-state index in [2.05, 4.69) is 378 Å². The van der Waals surface area contributed by atoms with Gasteiger partial charge in [-0.3, -0.25) is 0 Å². The quantitative estimate of drug-likeness (QED) is 0.124. The van der Waals surface area contributed by atoms with Crippen molar-refractivity contribution in [3.8, 4) is 107 Å². The first-order valence-corrected chi connectivity index (χ1v) is 46.5. The van der Waals surface area contributed by atoms with Crippen molar-refractivity contribution in [3.05, 3.63) is 467 Å². The highest BCUT2D eigenvalue weighted by Crippen LogP contribution is 2.48. The highest BCUT2D eigenvalue weighted by atomic mass is 16.3. The van der Waals surface area contributed by atoms with Gasteiger partial charge in [-0.2, -0.15) is 0 Å². The Morgan fingerprint density at radius 2 is 0.420 bits per heavy atom. The van der Waals surface area contributed by atoms with Crippen molar-refractivity contribution in [1.82, 2.24) is 43.6 Å². The number of fused-ring (bicyclic) bond motifs is 21. The van der Waals surface area contributed by atoms with E-state index in [1.807, 2.05) is 103 Å². The lowest BCUT2D eigenvalue weighted by Gasteiger charge is -2.10. The summed E-state index contributed by atoms with van der Waals surface area (Å²) >= 11 is 0. The molecule has 0 saturated carbocycles. The third-order valence-corrected chi connectivity index (χ3v) is 27.0. The maximum absolute atomic E-state index is 6.81. The lowest BCUT2D eigenvalue weighted by atomic mass is 10.0. The Bertz CT molecular complexity index is 9870. The van der Waals surface area contributed by atoms with Crippen LogP contribution in [0.3, 0.4) is 0 Å². The van der Waals surface area contributed by atoms with Gasteiger partial charge in [0.1, 0.15) is 16.7 Å². The molecule has 20 aromatic carbocycles. The molecule has 0 bridgehead atoms. The fraction of sp³-hybridized carbons (Fsp3) is 0. The van der Waals surface area contributed by atoms with Gasteiger partial charge in [0.2, 0.25) is 0 Å². The minimum absolute atomic E-state index is 0.677. The number of benzene rings is 20. The molecular formula is C126H77N9O3. The second kappa shape index (κ2) is 32.6. The molecule has 9 aromatic heterocycles. The summed E-state index contributed by atoms with van der Waals surface area (Å²) in [6, 6.07) is 162. The van der Waals surface area contributed by atoms with Gasteiger partial charge in [-0.05, 0) is 119 Å². The minimum atomic E-state index is 0.677. The first kappa shape index (κ1) is 79.0. The lowest BCUT2D eigenvalue weighted by molar-refractivity contribution is 0.666. The smallest absolute Gasteiger partial charge is 0.161 e. The van der Waals surface area contributed by atoms with Gasteiger partial charge in [0, 0.05) is 114 Å². The van der Waals surface area contributed by atoms with E-state index in [-0.39, 0.29) is 0 Å². The van der Waals surface area contributed by atoms with Crippen LogP contribution in [0.25, 0.3) is 271 Å². The number of aromatic nitrogens is 9. The van der Waals surface area contributed by atoms with Gasteiger partial charge in [0.15, 0.2) is 34.2 Å². The molecule has 0 saturated heterocycles. The molecule has 12 nitrogen and oxygen atoms in total. The molecule has 0 aliphatic carbocycles. The Balaban J connectivity index is 0.000000105. The van der Waals surface area contributed by atoms with E-state index >= 15 is 0 Å². The van der Waals surface area contributed by atoms with Gasteiger partial charge in [0.25, 0.3) is 0 Å². The molecule has 0 fully saturated rings. The van der Waals surface area contributed by atoms with Crippen molar-refractivity contribution in [2.75, 3.05) is 0 Å². The molecule has 0 aliphatic heterocycles. The molecule has 0 unspecified atom stereocenters. The largest absolute Gasteiger partial charge is 0.454 e. The second-order valence-electron chi connectivity index (χ2n) is 34.9. The van der Waals surface area contributed by atoms with Crippen LogP contribution < -0.4 is 0 Å². The summed E-state index contributed by atoms with van der Waals surface area (Å²) in [6.07, 6.45) is 0. The fourth-order valence-corrected chi connectivity index (χ4v) is 20.9. The van der Waals surface area contributed by atoms with E-state index in [9.17, 15) is 0 Å². The standard InChI is InChI=1S/2C44H27N3O.C38H23N3O/c1-3-13-28(14-4-1)30-25-26-32-31-17-8-10-22-37(31)47(39(32)27-30)38-23-11-19-34-41-35(20-12-24-40(41)48-43(34)38)44-45-36-21-9-7-18-33(36)42(46-44)29-15-5-2-6-16-29;1-3-13-28(14-4-1)30-25-26-38-35(27-30)31-17-8-10-22-37(31)47(38)39-23-11-19-33-41-34(20-12-24-40(41)48-43(33)39)44-45-36-21-9-7-18-32(36)42(46-44)29-15-5-2-6-16-29;1-2-12-24(13-3-1)36-27-16-4-7-19-30(27)39-38(40-36)29-18-11-23-34-35(29)28-17-10-22-33(37(28)42-34)41-31-20-8-5-14-25(31)26-15-6-9-21-32(26)41/h2*1-27H;1-23H. The van der Waals surface area contributed by atoms with Crippen LogP contribution >= 0.6 is 0 Å². The van der Waals surface area contributed by atoms with E-state index in [1.165, 1.54) is 54.6 Å². The number of hydrogen-bond acceptors (Lipinski definition) is 9. The maximum Gasteiger partial charge on any atom is 0.161 e. The van der Waals surface area contributed by atoms with Crippen LogP contribution in [-0.2, 0) is 0 Å². The topological polar surface area (TPSA) is 132 Å². The molecule has 0 amide bonds. The van der Waals surface area contributed by atoms with E-state index < -0.39 is 0 Å². The van der Waals surface area contributed by atoms with Gasteiger partial charge < -0.3 is 27.0 Å². The molecular weight excluding hydrogens is 1690 g/mol. The van der Waals surface area contributed by atoms with E-state index in [0.29, 0.717) is 17.5 Å². The van der Waals surface area contributed by atoms with E-state index in [1.54, 1.807) is 0 Å². The minimum Gasteiger partial charge on any atom is -0.454 e. The monoisotopic (exact) mass is 1760 g/mol. The van der Waals surface area contributed by atoms with Gasteiger partial charge in [-0.25, -0.2) is 29.9 Å². The third-order valence-electron chi connectivity index (χ3n) is 27.0. The zero-order chi connectivity index (χ0) is 90.8. The van der Waals surface area contributed by atoms with Crippen LogP contribution in [0.4, 0.5) is 0 Å². The SMILES string of the molecule is c1ccc(-c2ccc3c(c2)c2ccccc2n3-c2cccc3c2oc2cccc(-c4nc(-c5ccccc5)c5ccccc5n4)c23)cc1.c1ccc(-c2ccc3c4ccccc4n(-c4cccc5c4oc4cccc(-c6nc(-c7ccccc7)c7ccccc7n6)c45)c3c2)cc1.c1ccc(-c2nc(-c3cccc4oc5c(-n6c7ccccc7c7ccccc76)cccc5c34)nc3ccccc23)cc1. The lowest BCUT2D eigenvalue weighted by Crippen LogP contribution is -1.96. The molecule has 0 spiro atoms. The van der Waals surface area contributed by atoms with Gasteiger partial charge in [0.05, 0.1) is 83.8 Å². The number of nitrogens with zero attached hydrogens (tertiary/aromatic N) is 9. The Kier molecular flexibility index (Phi) is 18.7. The Hall–Kier alpha value is -18.8. The van der Waals surface area contributed by atoms with Crippen LogP contribution in [0.15, 0.2) is 480 Å². The Labute approximate surface area is 789 Å². The number of furan rings is 3. The number of hydrogen-bond donors (Lipinski definition) is 0. The molecule has 12 heteroatoms. The normalized spacial score (nSPS) is 11.8. The molecule has 644 valence electrons. The van der Waals surface area contributed by atoms with Crippen molar-refractivity contribution in [2.45, 2.75) is 0 Å². The first-order chi connectivity index (χ1) is 68.5. The zero-order valence-electron chi connectivity index (χ0n) is 74.2. The molecule has 0 aliphatic rings. The first-order valence-electron chi connectivity index (χ1n) is 46.5. The maximum atomic E-state index is 6.81. The second-order valence-corrected chi connectivity index (χ2v) is 34.9. The van der Waals surface area contributed by atoms with Crippen molar-refractivity contribution in [1.29, 1.82) is 0 Å². The summed E-state index contributed by atoms with van der Waals surface area (Å²) in [5.41, 5.74) is 31.1. The average molecular weight is 1770 g/mol. The van der Waals surface area contributed by atoms with Gasteiger partial charge >= 0.3 is 0 Å². The molecule has 29 rings (SSSR count). The number of rotatable bonds is 11. The van der Waals surface area contributed by atoms with Gasteiger partial charge in [-0.1, -0.05) is 370 Å². The Morgan fingerprint density at radius 1 is 0.159 bits per heavy atom. The highest BCUT2D eigenvalue weighted by Gasteiger charge is 2.28. The molecule has 138 heavy (non-hydrogen) atoms. The summed E-state index contributed by atoms with van der Waals surface area (Å²) in [6.45, 7) is 0. The summed E-state index contributed by atoms with van der Waals surface area (Å²) in [7, 11) is 0. The summed E-state index contributed by atoms with van der Waals surface area (Å²) < 4.78 is 27.3. The predicted octanol–water partition coefficient (Wildman–Crippen LogP) is 33.2. The van der Waals surface area contributed by atoms with Crippen LogP contribution in [-0.4, -0.2) is 43.6 Å². The molecule has 29 aromatic rings. The predicted molar refractivity (Wildman–Crippen MR) is 567 cm³/mol. The van der Waals surface area contributed by atoms with Crippen molar-refractivity contribution in [2.24, 2.45) is 0 Å². The van der Waals surface area contributed by atoms with Crippen molar-refractivity contribution in [3.63, 3.8) is 0 Å². The van der Waals surface area contributed by atoms with E-state index in [4.69, 9.17) is 43.2 Å². The van der Waals surface area contributed by atoms with Crippen LogP contribution in [0.2, 0.25) is 0 Å². The van der Waals surface area contributed by atoms with E-state index in [0.717, 1.165) is 199 Å². The average Bonchev–Trinajstić information content (AvgIpc) is 1.57. The Morgan fingerprint density at radius 3 is 0.775 bits per heavy atom. The fourth-order valence-electron chi connectivity index (χ4n) is 20.9. The highest BCUT2D eigenvalue weighted by molar-refractivity contribution is 6.21. The molecule has 0 radical (unpaired) electrons. The van der Waals surface area contributed by atoms with Gasteiger partial charge in [-0.15, -0.1) is 0 Å². The van der Waals surface area contributed by atoms with Crippen LogP contribution in [0.1, 0.15) is 0 Å². The summed E-state index contributed by atoms with van der Waals surface area (Å²) in [5.74, 6) is 2.04. The molecule has 0 atom stereocenters. The van der Waals surface area contributed by atoms with Crippen LogP contribution in [0.5, 0.6) is 0 Å². The van der Waals surface area contributed by atoms with Crippen LogP contribution in [0, 0.1) is 0 Å².